The molecule has 2 aromatic carbocycles. The highest BCUT2D eigenvalue weighted by atomic mass is 16.4. The molecule has 3 aromatic rings. The number of guanidine groups is 2. The van der Waals surface area contributed by atoms with Gasteiger partial charge in [0.1, 0.15) is 42.3 Å². The minimum Gasteiger partial charge on any atom is -0.480 e. The van der Waals surface area contributed by atoms with E-state index in [0.29, 0.717) is 16.5 Å². The first kappa shape index (κ1) is 59.8. The fraction of sp³-hybridized carbons (Fsp3) is 0.469. The average Bonchev–Trinajstić information content (AvgIpc) is 3.78. The van der Waals surface area contributed by atoms with Crippen molar-refractivity contribution in [2.45, 2.75) is 126 Å². The number of nitrogens with two attached hydrogens (primary N) is 3. The normalized spacial score (nSPS) is 20.9. The minimum atomic E-state index is -1.60. The van der Waals surface area contributed by atoms with Gasteiger partial charge in [-0.05, 0) is 68.6 Å². The molecule has 0 aliphatic carbocycles. The Morgan fingerprint density at radius 1 is 0.711 bits per heavy atom. The molecule has 1 aliphatic heterocycles. The topological polar surface area (TPSA) is 453 Å². The maximum Gasteiger partial charge on any atom is 0.326 e. The van der Waals surface area contributed by atoms with Crippen LogP contribution in [0.4, 0.5) is 0 Å². The maximum absolute atomic E-state index is 14.6. The number of primary amides is 1. The monoisotopic (exact) mass is 1060 g/mol. The van der Waals surface area contributed by atoms with Crippen LogP contribution >= 0.6 is 0 Å². The molecule has 7 atom stereocenters. The van der Waals surface area contributed by atoms with Gasteiger partial charge in [0, 0.05) is 69.3 Å². The van der Waals surface area contributed by atoms with Crippen molar-refractivity contribution < 1.29 is 53.1 Å². The number of aliphatic carboxylic acids is 1. The minimum absolute atomic E-state index is 0.00931. The zero-order valence-electron chi connectivity index (χ0n) is 42.2. The molecular weight excluding hydrogens is 989 g/mol. The zero-order valence-corrected chi connectivity index (χ0v) is 42.2. The second-order valence-corrected chi connectivity index (χ2v) is 18.2. The summed E-state index contributed by atoms with van der Waals surface area (Å²) in [5, 5.41) is 51.9. The number of H-pyrrole nitrogens is 1. The summed E-state index contributed by atoms with van der Waals surface area (Å²) in [6.07, 6.45) is -0.257. The van der Waals surface area contributed by atoms with Crippen LogP contribution in [-0.4, -0.2) is 143 Å². The number of hydrogen-bond donors (Lipinski definition) is 17. The fourth-order valence-electron chi connectivity index (χ4n) is 8.24. The van der Waals surface area contributed by atoms with Gasteiger partial charge in [-0.2, -0.15) is 0 Å². The Morgan fingerprint density at radius 2 is 1.29 bits per heavy atom. The number of aromatic amines is 1. The van der Waals surface area contributed by atoms with Gasteiger partial charge in [-0.25, -0.2) is 4.79 Å². The molecule has 76 heavy (non-hydrogen) atoms. The number of benzene rings is 2. The molecule has 1 unspecified atom stereocenters. The Hall–Kier alpha value is -8.78. The van der Waals surface area contributed by atoms with E-state index in [9.17, 15) is 53.1 Å². The van der Waals surface area contributed by atoms with Crippen molar-refractivity contribution in [3.05, 3.63) is 71.9 Å². The van der Waals surface area contributed by atoms with Crippen molar-refractivity contribution >= 4 is 82.0 Å². The molecule has 9 amide bonds. The van der Waals surface area contributed by atoms with Gasteiger partial charge < -0.3 is 80.5 Å². The summed E-state index contributed by atoms with van der Waals surface area (Å²) in [5.41, 5.74) is 18.2. The number of hydrogen-bond acceptors (Lipinski definition) is 12. The molecule has 27 heteroatoms. The number of aromatic nitrogens is 1. The van der Waals surface area contributed by atoms with Gasteiger partial charge in [-0.15, -0.1) is 0 Å². The number of carboxylic acid groups (broad SMARTS) is 1. The van der Waals surface area contributed by atoms with E-state index in [4.69, 9.17) is 28.0 Å². The summed E-state index contributed by atoms with van der Waals surface area (Å²) in [5.74, 6) is -9.69. The summed E-state index contributed by atoms with van der Waals surface area (Å²) < 4.78 is 0. The Labute approximate surface area is 437 Å². The Kier molecular flexibility index (Phi) is 23.9. The van der Waals surface area contributed by atoms with Gasteiger partial charge in [0.05, 0.1) is 0 Å². The molecule has 1 aromatic heterocycles. The van der Waals surface area contributed by atoms with Gasteiger partial charge >= 0.3 is 5.97 Å². The molecule has 2 heterocycles. The van der Waals surface area contributed by atoms with Crippen LogP contribution in [-0.2, 0) is 60.8 Å². The quantitative estimate of drug-likeness (QED) is 0.0322. The van der Waals surface area contributed by atoms with Crippen LogP contribution in [0.3, 0.4) is 0 Å². The van der Waals surface area contributed by atoms with Crippen molar-refractivity contribution in [2.75, 3.05) is 19.6 Å². The Bertz CT molecular complexity index is 2560. The number of para-hydroxylation sites is 1. The van der Waals surface area contributed by atoms with Gasteiger partial charge in [0.15, 0.2) is 11.9 Å². The van der Waals surface area contributed by atoms with Crippen LogP contribution < -0.4 is 70.4 Å². The molecule has 27 nitrogen and oxygen atoms in total. The number of rotatable bonds is 19. The molecule has 20 N–H and O–H groups in total. The summed E-state index contributed by atoms with van der Waals surface area (Å²) >= 11 is 0. The lowest BCUT2D eigenvalue weighted by Crippen LogP contribution is -2.60. The molecule has 0 radical (unpaired) electrons. The van der Waals surface area contributed by atoms with E-state index in [2.05, 4.69) is 58.2 Å². The third-order valence-electron chi connectivity index (χ3n) is 12.2. The van der Waals surface area contributed by atoms with E-state index in [1.807, 2.05) is 0 Å². The molecule has 4 rings (SSSR count). The lowest BCUT2D eigenvalue weighted by Gasteiger charge is -2.28. The third kappa shape index (κ3) is 20.6. The average molecular weight is 1060 g/mol. The van der Waals surface area contributed by atoms with Crippen LogP contribution in [0.25, 0.3) is 10.9 Å². The Balaban J connectivity index is 1.78. The summed E-state index contributed by atoms with van der Waals surface area (Å²) in [6, 6.07) is 5.34. The highest BCUT2D eigenvalue weighted by molar-refractivity contribution is 5.98. The number of carbonyl (C=O) groups excluding carboxylic acids is 9. The van der Waals surface area contributed by atoms with Crippen LogP contribution in [0.2, 0.25) is 0 Å². The zero-order chi connectivity index (χ0) is 55.7. The van der Waals surface area contributed by atoms with E-state index in [-0.39, 0.29) is 89.3 Å². The lowest BCUT2D eigenvalue weighted by atomic mass is 10.0. The van der Waals surface area contributed by atoms with Crippen molar-refractivity contribution in [1.29, 1.82) is 10.8 Å². The smallest absolute Gasteiger partial charge is 0.326 e. The number of amides is 9. The summed E-state index contributed by atoms with van der Waals surface area (Å²) in [6.45, 7) is 1.30. The summed E-state index contributed by atoms with van der Waals surface area (Å²) in [7, 11) is 0. The van der Waals surface area contributed by atoms with Crippen molar-refractivity contribution in [1.82, 2.24) is 58.2 Å². The number of nitrogens with one attached hydrogen (secondary N) is 13. The van der Waals surface area contributed by atoms with Crippen molar-refractivity contribution in [3.63, 3.8) is 0 Å². The van der Waals surface area contributed by atoms with Crippen LogP contribution in [0.1, 0.15) is 82.3 Å². The standard InChI is InChI=1S/C49H70N16O11/c1-27(66)59-32(14-7-22-56-48(51)52)41(69)62-35-18-20-40(68)55-21-9-16-36(47(75)76)63-46(74)38(25-29-26-58-31-13-6-5-12-30(29)31)65-42(70)33(15-8-23-57-49(53)54)60-45(73)37(24-28-10-3-2-4-11-28)64-44(72)34(61-43(35)71)17-19-39(50)67/h2-6,10-13,26,32-38,58H,7-9,14-25H2,1H3,(H2,50,67)(H,55,68)(H,59,66)(H,60,73)(H,61,71)(H,62,69)(H,63,74)(H,64,72)(H,65,70)(H,75,76)(H4,51,52,56)(H4,53,54,57)/t32-,33-,34-,35?,36-,37+,38-/m0/s1. The fourth-order valence-corrected chi connectivity index (χ4v) is 8.24. The highest BCUT2D eigenvalue weighted by Gasteiger charge is 2.35. The maximum atomic E-state index is 14.6. The Morgan fingerprint density at radius 3 is 1.93 bits per heavy atom. The molecule has 0 saturated carbocycles. The predicted molar refractivity (Wildman–Crippen MR) is 277 cm³/mol. The predicted octanol–water partition coefficient (Wildman–Crippen LogP) is -3.07. The molecule has 1 fully saturated rings. The van der Waals surface area contributed by atoms with E-state index < -0.39 is 121 Å². The van der Waals surface area contributed by atoms with Crippen molar-refractivity contribution in [2.24, 2.45) is 17.2 Å². The highest BCUT2D eigenvalue weighted by Crippen LogP contribution is 2.20. The van der Waals surface area contributed by atoms with Crippen LogP contribution in [0.15, 0.2) is 60.8 Å². The van der Waals surface area contributed by atoms with Crippen LogP contribution in [0, 0.1) is 10.8 Å². The molecule has 1 saturated heterocycles. The summed E-state index contributed by atoms with van der Waals surface area (Å²) in [4.78, 5) is 139. The van der Waals surface area contributed by atoms with E-state index in [1.54, 1.807) is 60.8 Å². The third-order valence-corrected chi connectivity index (χ3v) is 12.2. The molecule has 0 spiro atoms. The molecular formula is C49H70N16O11. The first-order valence-corrected chi connectivity index (χ1v) is 24.8. The number of carbonyl (C=O) groups is 10. The molecule has 0 bridgehead atoms. The van der Waals surface area contributed by atoms with Crippen molar-refractivity contribution in [3.8, 4) is 0 Å². The van der Waals surface area contributed by atoms with Gasteiger partial charge in [-0.3, -0.25) is 54.0 Å². The first-order chi connectivity index (χ1) is 36.2. The van der Waals surface area contributed by atoms with E-state index >= 15 is 0 Å². The number of fused-ring (bicyclic) bond motifs is 1. The van der Waals surface area contributed by atoms with E-state index in [1.165, 1.54) is 6.92 Å². The number of carboxylic acids is 1. The lowest BCUT2D eigenvalue weighted by molar-refractivity contribution is -0.142. The van der Waals surface area contributed by atoms with Gasteiger partial charge in [-0.1, -0.05) is 48.5 Å². The molecule has 1 aliphatic rings. The molecule has 412 valence electrons. The van der Waals surface area contributed by atoms with Gasteiger partial charge in [0.2, 0.25) is 53.2 Å². The second-order valence-electron chi connectivity index (χ2n) is 18.2. The first-order valence-electron chi connectivity index (χ1n) is 24.8. The van der Waals surface area contributed by atoms with E-state index in [0.717, 1.165) is 5.52 Å². The second kappa shape index (κ2) is 30.4. The van der Waals surface area contributed by atoms with Gasteiger partial charge in [0.25, 0.3) is 0 Å². The largest absolute Gasteiger partial charge is 0.480 e. The van der Waals surface area contributed by atoms with Crippen LogP contribution in [0.5, 0.6) is 0 Å². The SMILES string of the molecule is CC(=O)N[C@@H](CCCNC(=N)N)C(=O)NC1CCC(=O)NCCC[C@@H](C(=O)O)NC(=O)[C@H](Cc2c[nH]c3ccccc23)NC(=O)[C@H](CCCNC(=N)N)NC(=O)[C@@H](Cc2ccccc2)NC(=O)[C@H](CCC(N)=O)NC1=O.